The molecule has 0 amide bonds. The zero-order chi connectivity index (χ0) is 14.7. The average Bonchev–Trinajstić information content (AvgIpc) is 2.75. The van der Waals surface area contributed by atoms with Crippen molar-refractivity contribution in [2.45, 2.75) is 40.7 Å². The topological polar surface area (TPSA) is 48.1 Å². The van der Waals surface area contributed by atoms with E-state index in [1.807, 2.05) is 6.92 Å². The van der Waals surface area contributed by atoms with Gasteiger partial charge in [-0.15, -0.1) is 11.3 Å². The van der Waals surface area contributed by atoms with Crippen molar-refractivity contribution in [1.82, 2.24) is 4.98 Å². The second-order valence-electron chi connectivity index (χ2n) is 5.12. The van der Waals surface area contributed by atoms with Gasteiger partial charge in [0.1, 0.15) is 5.75 Å². The molecule has 0 fully saturated rings. The van der Waals surface area contributed by atoms with Crippen LogP contribution in [-0.2, 0) is 13.0 Å². The van der Waals surface area contributed by atoms with E-state index in [-0.39, 0.29) is 0 Å². The van der Waals surface area contributed by atoms with E-state index in [4.69, 9.17) is 10.5 Å². The highest BCUT2D eigenvalue weighted by Gasteiger charge is 2.08. The minimum Gasteiger partial charge on any atom is -0.493 e. The van der Waals surface area contributed by atoms with Gasteiger partial charge in [-0.2, -0.15) is 0 Å². The summed E-state index contributed by atoms with van der Waals surface area (Å²) in [6.07, 6.45) is 0.831. The van der Waals surface area contributed by atoms with Gasteiger partial charge >= 0.3 is 0 Å². The molecule has 3 nitrogen and oxygen atoms in total. The lowest BCUT2D eigenvalue weighted by atomic mass is 10.1. The molecule has 2 N–H and O–H groups in total. The smallest absolute Gasteiger partial charge is 0.122 e. The fraction of sp³-hybridized carbons (Fsp3) is 0.438. The van der Waals surface area contributed by atoms with E-state index in [0.717, 1.165) is 22.9 Å². The third-order valence-electron chi connectivity index (χ3n) is 3.46. The Hall–Kier alpha value is -1.39. The van der Waals surface area contributed by atoms with Crippen molar-refractivity contribution in [3.8, 4) is 5.75 Å². The predicted molar refractivity (Wildman–Crippen MR) is 84.6 cm³/mol. The van der Waals surface area contributed by atoms with Crippen molar-refractivity contribution in [1.29, 1.82) is 0 Å². The molecular formula is C16H22N2OS. The van der Waals surface area contributed by atoms with Crippen LogP contribution in [0.1, 0.15) is 32.3 Å². The average molecular weight is 290 g/mol. The maximum atomic E-state index is 5.92. The molecule has 20 heavy (non-hydrogen) atoms. The lowest BCUT2D eigenvalue weighted by Gasteiger charge is -2.11. The van der Waals surface area contributed by atoms with Crippen LogP contribution >= 0.6 is 11.3 Å². The molecule has 1 heterocycles. The van der Waals surface area contributed by atoms with E-state index < -0.39 is 0 Å². The number of thiazole rings is 1. The third kappa shape index (κ3) is 3.38. The zero-order valence-electron chi connectivity index (χ0n) is 12.6. The van der Waals surface area contributed by atoms with E-state index in [2.05, 4.69) is 37.9 Å². The first-order valence-corrected chi connectivity index (χ1v) is 7.68. The summed E-state index contributed by atoms with van der Waals surface area (Å²) in [6.45, 7) is 9.55. The fourth-order valence-electron chi connectivity index (χ4n) is 2.18. The summed E-state index contributed by atoms with van der Waals surface area (Å²) >= 11 is 1.69. The van der Waals surface area contributed by atoms with Gasteiger partial charge in [-0.05, 0) is 50.5 Å². The lowest BCUT2D eigenvalue weighted by Crippen LogP contribution is -2.03. The van der Waals surface area contributed by atoms with Crippen LogP contribution in [-0.4, -0.2) is 11.6 Å². The van der Waals surface area contributed by atoms with Crippen molar-refractivity contribution in [2.75, 3.05) is 6.61 Å². The molecule has 1 aromatic carbocycles. The number of aryl methyl sites for hydroxylation is 3. The molecule has 0 spiro atoms. The molecule has 2 rings (SSSR count). The van der Waals surface area contributed by atoms with Gasteiger partial charge < -0.3 is 10.5 Å². The maximum Gasteiger partial charge on any atom is 0.122 e. The van der Waals surface area contributed by atoms with Gasteiger partial charge in [-0.25, -0.2) is 4.98 Å². The first kappa shape index (κ1) is 15.0. The summed E-state index contributed by atoms with van der Waals surface area (Å²) < 4.78 is 5.92. The third-order valence-corrected chi connectivity index (χ3v) is 4.70. The largest absolute Gasteiger partial charge is 0.493 e. The summed E-state index contributed by atoms with van der Waals surface area (Å²) in [5.74, 6) is 0.981. The van der Waals surface area contributed by atoms with Crippen LogP contribution in [0.15, 0.2) is 12.1 Å². The Labute approximate surface area is 124 Å². The highest BCUT2D eigenvalue weighted by atomic mass is 32.1. The lowest BCUT2D eigenvalue weighted by molar-refractivity contribution is 0.319. The molecule has 0 aliphatic heterocycles. The SMILES string of the molecule is Cc1cc(C)c(C)c(OCCc2nc(C)c(CN)s2)c1. The Kier molecular flexibility index (Phi) is 4.78. The predicted octanol–water partition coefficient (Wildman–Crippen LogP) is 3.46. The Morgan fingerprint density at radius 3 is 2.60 bits per heavy atom. The maximum absolute atomic E-state index is 5.92. The normalized spacial score (nSPS) is 10.8. The number of nitrogens with two attached hydrogens (primary N) is 1. The number of aromatic nitrogens is 1. The molecule has 0 saturated carbocycles. The molecule has 0 atom stereocenters. The van der Waals surface area contributed by atoms with Crippen molar-refractivity contribution >= 4 is 11.3 Å². The van der Waals surface area contributed by atoms with Crippen LogP contribution in [0, 0.1) is 27.7 Å². The van der Waals surface area contributed by atoms with Gasteiger partial charge in [-0.1, -0.05) is 6.07 Å². The van der Waals surface area contributed by atoms with Crippen LogP contribution in [0.4, 0.5) is 0 Å². The van der Waals surface area contributed by atoms with E-state index in [1.54, 1.807) is 11.3 Å². The number of hydrogen-bond donors (Lipinski definition) is 1. The van der Waals surface area contributed by atoms with Crippen molar-refractivity contribution in [3.05, 3.63) is 44.4 Å². The van der Waals surface area contributed by atoms with Gasteiger partial charge in [-0.3, -0.25) is 0 Å². The highest BCUT2D eigenvalue weighted by Crippen LogP contribution is 2.24. The van der Waals surface area contributed by atoms with E-state index in [9.17, 15) is 0 Å². The molecule has 2 aromatic rings. The van der Waals surface area contributed by atoms with Crippen molar-refractivity contribution < 1.29 is 4.74 Å². The van der Waals surface area contributed by atoms with Gasteiger partial charge in [0, 0.05) is 17.8 Å². The fourth-order valence-corrected chi connectivity index (χ4v) is 3.11. The van der Waals surface area contributed by atoms with E-state index in [0.29, 0.717) is 13.2 Å². The molecule has 0 saturated heterocycles. The number of hydrogen-bond acceptors (Lipinski definition) is 4. The number of benzene rings is 1. The first-order valence-electron chi connectivity index (χ1n) is 6.87. The highest BCUT2D eigenvalue weighted by molar-refractivity contribution is 7.11. The van der Waals surface area contributed by atoms with Crippen LogP contribution in [0.3, 0.4) is 0 Å². The molecular weight excluding hydrogens is 268 g/mol. The molecule has 0 radical (unpaired) electrons. The Morgan fingerprint density at radius 1 is 1.20 bits per heavy atom. The summed E-state index contributed by atoms with van der Waals surface area (Å²) in [5, 5.41) is 1.10. The molecule has 0 aliphatic rings. The van der Waals surface area contributed by atoms with E-state index >= 15 is 0 Å². The van der Waals surface area contributed by atoms with Crippen molar-refractivity contribution in [3.63, 3.8) is 0 Å². The quantitative estimate of drug-likeness (QED) is 0.917. The monoisotopic (exact) mass is 290 g/mol. The molecule has 0 bridgehead atoms. The van der Waals surface area contributed by atoms with Gasteiger partial charge in [0.25, 0.3) is 0 Å². The molecule has 108 valence electrons. The van der Waals surface area contributed by atoms with Crippen molar-refractivity contribution in [2.24, 2.45) is 5.73 Å². The Balaban J connectivity index is 1.99. The van der Waals surface area contributed by atoms with Crippen LogP contribution in [0.25, 0.3) is 0 Å². The summed E-state index contributed by atoms with van der Waals surface area (Å²) in [6, 6.07) is 4.28. The zero-order valence-corrected chi connectivity index (χ0v) is 13.4. The Morgan fingerprint density at radius 2 is 1.95 bits per heavy atom. The summed E-state index contributed by atoms with van der Waals surface area (Å²) in [4.78, 5) is 5.70. The second-order valence-corrected chi connectivity index (χ2v) is 6.29. The molecule has 0 aliphatic carbocycles. The number of ether oxygens (including phenoxy) is 1. The summed E-state index contributed by atoms with van der Waals surface area (Å²) in [5.41, 5.74) is 10.5. The minimum atomic E-state index is 0.570. The van der Waals surface area contributed by atoms with Crippen LogP contribution < -0.4 is 10.5 Å². The first-order chi connectivity index (χ1) is 9.51. The van der Waals surface area contributed by atoms with Gasteiger partial charge in [0.15, 0.2) is 0 Å². The second kappa shape index (κ2) is 6.37. The summed E-state index contributed by atoms with van der Waals surface area (Å²) in [7, 11) is 0. The number of rotatable bonds is 5. The van der Waals surface area contributed by atoms with E-state index in [1.165, 1.54) is 21.6 Å². The standard InChI is InChI=1S/C16H22N2OS/c1-10-7-11(2)12(3)14(8-10)19-6-5-16-18-13(4)15(9-17)20-16/h7-8H,5-6,9,17H2,1-4H3. The van der Waals surface area contributed by atoms with Gasteiger partial charge in [0.05, 0.1) is 17.3 Å². The molecule has 0 unspecified atom stereocenters. The van der Waals surface area contributed by atoms with Crippen LogP contribution in [0.2, 0.25) is 0 Å². The van der Waals surface area contributed by atoms with Gasteiger partial charge in [0.2, 0.25) is 0 Å². The molecule has 1 aromatic heterocycles. The minimum absolute atomic E-state index is 0.570. The number of nitrogens with zero attached hydrogens (tertiary/aromatic N) is 1. The Bertz CT molecular complexity index is 605. The van der Waals surface area contributed by atoms with Crippen LogP contribution in [0.5, 0.6) is 5.75 Å². The molecule has 4 heteroatoms.